The van der Waals surface area contributed by atoms with Gasteiger partial charge < -0.3 is 16.2 Å². The van der Waals surface area contributed by atoms with Crippen LogP contribution in [0.25, 0.3) is 0 Å². The molecule has 1 atom stereocenters. The Labute approximate surface area is 95.7 Å². The number of rotatable bonds is 9. The fourth-order valence-corrected chi connectivity index (χ4v) is 1.26. The smallest absolute Gasteiger partial charge is 0.326 e. The van der Waals surface area contributed by atoms with Gasteiger partial charge in [-0.3, -0.25) is 4.79 Å². The monoisotopic (exact) mass is 228 g/mol. The van der Waals surface area contributed by atoms with Crippen LogP contribution in [-0.4, -0.2) is 29.6 Å². The van der Waals surface area contributed by atoms with Crippen molar-refractivity contribution >= 4 is 11.9 Å². The molecule has 0 spiro atoms. The van der Waals surface area contributed by atoms with E-state index in [2.05, 4.69) is 11.9 Å². The van der Waals surface area contributed by atoms with Crippen LogP contribution >= 0.6 is 0 Å². The van der Waals surface area contributed by atoms with E-state index in [1.54, 1.807) is 0 Å². The molecule has 0 aliphatic carbocycles. The van der Waals surface area contributed by atoms with Gasteiger partial charge in [0.15, 0.2) is 0 Å². The molecular weight excluding hydrogens is 208 g/mol. The molecular formula is C11H20N2O3. The molecule has 0 aromatic rings. The highest BCUT2D eigenvalue weighted by Gasteiger charge is 2.17. The van der Waals surface area contributed by atoms with E-state index in [1.165, 1.54) is 6.08 Å². The predicted molar refractivity (Wildman–Crippen MR) is 61.9 cm³/mol. The van der Waals surface area contributed by atoms with Gasteiger partial charge in [-0.25, -0.2) is 4.79 Å². The van der Waals surface area contributed by atoms with Crippen LogP contribution in [0.5, 0.6) is 0 Å². The summed E-state index contributed by atoms with van der Waals surface area (Å²) in [5.74, 6) is -1.26. The summed E-state index contributed by atoms with van der Waals surface area (Å²) in [5, 5.41) is 11.2. The molecule has 1 amide bonds. The summed E-state index contributed by atoms with van der Waals surface area (Å²) < 4.78 is 0. The van der Waals surface area contributed by atoms with Crippen LogP contribution < -0.4 is 11.1 Å². The summed E-state index contributed by atoms with van der Waals surface area (Å²) >= 11 is 0. The first kappa shape index (κ1) is 14.6. The van der Waals surface area contributed by atoms with E-state index in [0.29, 0.717) is 13.0 Å². The number of carboxylic acids is 1. The van der Waals surface area contributed by atoms with Crippen molar-refractivity contribution in [3.05, 3.63) is 12.7 Å². The molecule has 5 heteroatoms. The molecule has 0 saturated carbocycles. The van der Waals surface area contributed by atoms with Gasteiger partial charge in [0, 0.05) is 6.42 Å². The Morgan fingerprint density at radius 3 is 2.56 bits per heavy atom. The Morgan fingerprint density at radius 2 is 2.06 bits per heavy atom. The maximum Gasteiger partial charge on any atom is 0.326 e. The van der Waals surface area contributed by atoms with E-state index in [0.717, 1.165) is 19.3 Å². The van der Waals surface area contributed by atoms with Crippen molar-refractivity contribution in [3.63, 3.8) is 0 Å². The number of amides is 1. The zero-order valence-corrected chi connectivity index (χ0v) is 9.45. The second-order valence-electron chi connectivity index (χ2n) is 3.58. The lowest BCUT2D eigenvalue weighted by Crippen LogP contribution is -2.40. The Balaban J connectivity index is 3.81. The lowest BCUT2D eigenvalue weighted by atomic mass is 10.1. The highest BCUT2D eigenvalue weighted by Crippen LogP contribution is 2.00. The number of nitrogens with one attached hydrogen (secondary N) is 1. The van der Waals surface area contributed by atoms with Crippen LogP contribution in [0.2, 0.25) is 0 Å². The molecule has 0 aliphatic heterocycles. The van der Waals surface area contributed by atoms with Crippen molar-refractivity contribution in [2.75, 3.05) is 6.54 Å². The Bertz CT molecular complexity index is 241. The minimum absolute atomic E-state index is 0.230. The normalized spacial score (nSPS) is 11.8. The van der Waals surface area contributed by atoms with Gasteiger partial charge in [-0.1, -0.05) is 12.5 Å². The second-order valence-corrected chi connectivity index (χ2v) is 3.58. The molecule has 0 fully saturated rings. The van der Waals surface area contributed by atoms with Crippen LogP contribution in [0, 0.1) is 0 Å². The minimum Gasteiger partial charge on any atom is -0.480 e. The SMILES string of the molecule is C=CCC(NC(=O)CCCCCN)C(=O)O. The third-order valence-electron chi connectivity index (χ3n) is 2.14. The average molecular weight is 228 g/mol. The van der Waals surface area contributed by atoms with Crippen LogP contribution in [0.1, 0.15) is 32.1 Å². The summed E-state index contributed by atoms with van der Waals surface area (Å²) in [4.78, 5) is 22.1. The topological polar surface area (TPSA) is 92.4 Å². The molecule has 1 unspecified atom stereocenters. The standard InChI is InChI=1S/C11H20N2O3/c1-2-6-9(11(15)16)13-10(14)7-4-3-5-8-12/h2,9H,1,3-8,12H2,(H,13,14)(H,15,16). The molecule has 0 radical (unpaired) electrons. The number of aliphatic carboxylic acids is 1. The summed E-state index contributed by atoms with van der Waals surface area (Å²) in [7, 11) is 0. The van der Waals surface area contributed by atoms with Crippen LogP contribution in [-0.2, 0) is 9.59 Å². The van der Waals surface area contributed by atoms with Gasteiger partial charge in [-0.15, -0.1) is 6.58 Å². The summed E-state index contributed by atoms with van der Waals surface area (Å²) in [6, 6.07) is -0.862. The Kier molecular flexibility index (Phi) is 8.15. The van der Waals surface area contributed by atoms with Crippen molar-refractivity contribution in [1.82, 2.24) is 5.32 Å². The third kappa shape index (κ3) is 7.00. The van der Waals surface area contributed by atoms with Crippen molar-refractivity contribution in [1.29, 1.82) is 0 Å². The van der Waals surface area contributed by atoms with Gasteiger partial charge in [-0.2, -0.15) is 0 Å². The van der Waals surface area contributed by atoms with Gasteiger partial charge in [0.05, 0.1) is 0 Å². The second kappa shape index (κ2) is 8.91. The van der Waals surface area contributed by atoms with E-state index in [4.69, 9.17) is 10.8 Å². The molecule has 0 heterocycles. The molecule has 0 aliphatic rings. The van der Waals surface area contributed by atoms with Crippen molar-refractivity contribution < 1.29 is 14.7 Å². The molecule has 4 N–H and O–H groups in total. The molecule has 5 nitrogen and oxygen atoms in total. The van der Waals surface area contributed by atoms with E-state index in [-0.39, 0.29) is 12.3 Å². The highest BCUT2D eigenvalue weighted by molar-refractivity contribution is 5.83. The fraction of sp³-hybridized carbons (Fsp3) is 0.636. The third-order valence-corrected chi connectivity index (χ3v) is 2.14. The number of carbonyl (C=O) groups excluding carboxylic acids is 1. The van der Waals surface area contributed by atoms with Crippen molar-refractivity contribution in [3.8, 4) is 0 Å². The lowest BCUT2D eigenvalue weighted by molar-refractivity contribution is -0.141. The molecule has 0 aromatic heterocycles. The number of nitrogens with two attached hydrogens (primary N) is 1. The van der Waals surface area contributed by atoms with Crippen molar-refractivity contribution in [2.45, 2.75) is 38.1 Å². The van der Waals surface area contributed by atoms with Crippen LogP contribution in [0.3, 0.4) is 0 Å². The van der Waals surface area contributed by atoms with Gasteiger partial charge in [0.25, 0.3) is 0 Å². The van der Waals surface area contributed by atoms with E-state index in [1.807, 2.05) is 0 Å². The largest absolute Gasteiger partial charge is 0.480 e. The number of carbonyl (C=O) groups is 2. The predicted octanol–water partition coefficient (Wildman–Crippen LogP) is 0.651. The van der Waals surface area contributed by atoms with Crippen molar-refractivity contribution in [2.24, 2.45) is 5.73 Å². The fourth-order valence-electron chi connectivity index (χ4n) is 1.26. The number of carboxylic acid groups (broad SMARTS) is 1. The first-order chi connectivity index (χ1) is 7.61. The maximum atomic E-state index is 11.4. The first-order valence-corrected chi connectivity index (χ1v) is 5.45. The van der Waals surface area contributed by atoms with Gasteiger partial charge in [0.2, 0.25) is 5.91 Å². The summed E-state index contributed by atoms with van der Waals surface area (Å²) in [6.45, 7) is 4.07. The van der Waals surface area contributed by atoms with E-state index in [9.17, 15) is 9.59 Å². The Morgan fingerprint density at radius 1 is 1.38 bits per heavy atom. The maximum absolute atomic E-state index is 11.4. The van der Waals surface area contributed by atoms with Gasteiger partial charge >= 0.3 is 5.97 Å². The Hall–Kier alpha value is -1.36. The van der Waals surface area contributed by atoms with Crippen LogP contribution in [0.15, 0.2) is 12.7 Å². The molecule has 0 bridgehead atoms. The summed E-state index contributed by atoms with van der Waals surface area (Å²) in [6.07, 6.45) is 4.59. The first-order valence-electron chi connectivity index (χ1n) is 5.45. The van der Waals surface area contributed by atoms with Crippen LogP contribution in [0.4, 0.5) is 0 Å². The average Bonchev–Trinajstić information content (AvgIpc) is 2.23. The molecule has 0 rings (SSSR count). The molecule has 0 saturated heterocycles. The summed E-state index contributed by atoms with van der Waals surface area (Å²) in [5.41, 5.74) is 5.32. The zero-order chi connectivity index (χ0) is 12.4. The minimum atomic E-state index is -1.03. The number of hydrogen-bond donors (Lipinski definition) is 3. The highest BCUT2D eigenvalue weighted by atomic mass is 16.4. The molecule has 16 heavy (non-hydrogen) atoms. The number of unbranched alkanes of at least 4 members (excludes halogenated alkanes) is 2. The van der Waals surface area contributed by atoms with Gasteiger partial charge in [0.1, 0.15) is 6.04 Å². The molecule has 0 aromatic carbocycles. The zero-order valence-electron chi connectivity index (χ0n) is 9.45. The molecule has 92 valence electrons. The number of hydrogen-bond acceptors (Lipinski definition) is 3. The lowest BCUT2D eigenvalue weighted by Gasteiger charge is -2.12. The van der Waals surface area contributed by atoms with Gasteiger partial charge in [-0.05, 0) is 25.8 Å². The quantitative estimate of drug-likeness (QED) is 0.399. The van der Waals surface area contributed by atoms with E-state index >= 15 is 0 Å². The van der Waals surface area contributed by atoms with E-state index < -0.39 is 12.0 Å².